The monoisotopic (exact) mass is 272 g/mol. The summed E-state index contributed by atoms with van der Waals surface area (Å²) in [7, 11) is 0. The van der Waals surface area contributed by atoms with Crippen molar-refractivity contribution in [3.63, 3.8) is 0 Å². The minimum atomic E-state index is 0.216. The molecule has 1 N–H and O–H groups in total. The smallest absolute Gasteiger partial charge is 0.253 e. The number of hydrogen-bond donors (Lipinski definition) is 1. The molecule has 3 heteroatoms. The predicted octanol–water partition coefficient (Wildman–Crippen LogP) is 2.59. The van der Waals surface area contributed by atoms with Gasteiger partial charge in [-0.15, -0.1) is 0 Å². The quantitative estimate of drug-likeness (QED) is 0.897. The number of carbonyl (C=O) groups excluding carboxylic acids is 1. The van der Waals surface area contributed by atoms with Gasteiger partial charge in [-0.1, -0.05) is 19.4 Å². The first-order chi connectivity index (χ1) is 9.78. The van der Waals surface area contributed by atoms with Crippen LogP contribution in [0.5, 0.6) is 0 Å². The molecule has 0 saturated carbocycles. The molecule has 1 fully saturated rings. The highest BCUT2D eigenvalue weighted by Crippen LogP contribution is 2.22. The van der Waals surface area contributed by atoms with E-state index in [9.17, 15) is 4.79 Å². The molecule has 3 rings (SSSR count). The maximum atomic E-state index is 12.6. The van der Waals surface area contributed by atoms with Crippen molar-refractivity contribution in [2.75, 3.05) is 19.6 Å². The fourth-order valence-electron chi connectivity index (χ4n) is 3.34. The number of nitrogens with zero attached hydrogens (tertiary/aromatic N) is 1. The summed E-state index contributed by atoms with van der Waals surface area (Å²) in [5, 5.41) is 3.38. The summed E-state index contributed by atoms with van der Waals surface area (Å²) < 4.78 is 0. The Morgan fingerprint density at radius 1 is 1.30 bits per heavy atom. The highest BCUT2D eigenvalue weighted by Gasteiger charge is 2.23. The van der Waals surface area contributed by atoms with E-state index < -0.39 is 0 Å². The Bertz CT molecular complexity index is 490. The molecule has 1 aromatic rings. The fourth-order valence-corrected chi connectivity index (χ4v) is 3.34. The van der Waals surface area contributed by atoms with Crippen molar-refractivity contribution >= 4 is 5.91 Å². The standard InChI is InChI=1S/C17H24N2O/c1-2-13-6-9-19(10-7-13)17(20)15-4-3-14-5-8-18-12-16(14)11-15/h3-4,11,13,18H,2,5-10,12H2,1H3. The van der Waals surface area contributed by atoms with Gasteiger partial charge in [-0.2, -0.15) is 0 Å². The molecule has 0 spiro atoms. The predicted molar refractivity (Wildman–Crippen MR) is 80.8 cm³/mol. The lowest BCUT2D eigenvalue weighted by Crippen LogP contribution is -2.38. The van der Waals surface area contributed by atoms with Crippen LogP contribution >= 0.6 is 0 Å². The number of benzene rings is 1. The molecule has 20 heavy (non-hydrogen) atoms. The molecule has 0 radical (unpaired) electrons. The number of likely N-dealkylation sites (tertiary alicyclic amines) is 1. The van der Waals surface area contributed by atoms with Crippen molar-refractivity contribution in [3.05, 3.63) is 34.9 Å². The Hall–Kier alpha value is -1.35. The molecule has 0 aliphatic carbocycles. The number of hydrogen-bond acceptors (Lipinski definition) is 2. The Balaban J connectivity index is 1.71. The summed E-state index contributed by atoms with van der Waals surface area (Å²) in [6.07, 6.45) is 4.64. The van der Waals surface area contributed by atoms with E-state index in [1.807, 2.05) is 11.0 Å². The first-order valence-corrected chi connectivity index (χ1v) is 7.89. The van der Waals surface area contributed by atoms with E-state index in [4.69, 9.17) is 0 Å². The third kappa shape index (κ3) is 2.73. The van der Waals surface area contributed by atoms with Gasteiger partial charge in [-0.05, 0) is 55.0 Å². The number of piperidine rings is 1. The van der Waals surface area contributed by atoms with Gasteiger partial charge in [0.2, 0.25) is 0 Å². The molecule has 1 amide bonds. The van der Waals surface area contributed by atoms with E-state index in [1.165, 1.54) is 17.5 Å². The number of rotatable bonds is 2. The summed E-state index contributed by atoms with van der Waals surface area (Å²) in [5.41, 5.74) is 3.55. The van der Waals surface area contributed by atoms with E-state index in [0.29, 0.717) is 0 Å². The Morgan fingerprint density at radius 3 is 2.85 bits per heavy atom. The normalized spacial score (nSPS) is 19.8. The van der Waals surface area contributed by atoms with Gasteiger partial charge in [0, 0.05) is 25.2 Å². The second kappa shape index (κ2) is 5.96. The largest absolute Gasteiger partial charge is 0.339 e. The van der Waals surface area contributed by atoms with Crippen LogP contribution in [0.4, 0.5) is 0 Å². The van der Waals surface area contributed by atoms with Crippen LogP contribution in [-0.2, 0) is 13.0 Å². The van der Waals surface area contributed by atoms with E-state index in [2.05, 4.69) is 24.4 Å². The molecule has 2 heterocycles. The number of nitrogens with one attached hydrogen (secondary N) is 1. The highest BCUT2D eigenvalue weighted by atomic mass is 16.2. The molecule has 2 aliphatic rings. The van der Waals surface area contributed by atoms with Gasteiger partial charge in [0.15, 0.2) is 0 Å². The number of carbonyl (C=O) groups is 1. The fraction of sp³-hybridized carbons (Fsp3) is 0.588. The second-order valence-corrected chi connectivity index (χ2v) is 6.05. The van der Waals surface area contributed by atoms with Crippen LogP contribution in [0.2, 0.25) is 0 Å². The lowest BCUT2D eigenvalue weighted by atomic mass is 9.93. The van der Waals surface area contributed by atoms with Crippen LogP contribution in [0, 0.1) is 5.92 Å². The summed E-state index contributed by atoms with van der Waals surface area (Å²) in [6, 6.07) is 6.25. The first-order valence-electron chi connectivity index (χ1n) is 7.89. The van der Waals surface area contributed by atoms with Crippen molar-refractivity contribution < 1.29 is 4.79 Å². The maximum absolute atomic E-state index is 12.6. The average molecular weight is 272 g/mol. The third-order valence-electron chi connectivity index (χ3n) is 4.82. The Kier molecular flexibility index (Phi) is 4.06. The van der Waals surface area contributed by atoms with Gasteiger partial charge in [-0.25, -0.2) is 0 Å². The highest BCUT2D eigenvalue weighted by molar-refractivity contribution is 5.94. The molecule has 1 saturated heterocycles. The Labute approximate surface area is 121 Å². The van der Waals surface area contributed by atoms with Crippen molar-refractivity contribution in [1.29, 1.82) is 0 Å². The summed E-state index contributed by atoms with van der Waals surface area (Å²) in [6.45, 7) is 6.04. The first kappa shape index (κ1) is 13.6. The van der Waals surface area contributed by atoms with Gasteiger partial charge in [0.25, 0.3) is 5.91 Å². The molecule has 0 aromatic heterocycles. The van der Waals surface area contributed by atoms with E-state index in [0.717, 1.165) is 56.9 Å². The van der Waals surface area contributed by atoms with Crippen LogP contribution in [0.25, 0.3) is 0 Å². The molecule has 3 nitrogen and oxygen atoms in total. The molecule has 0 atom stereocenters. The third-order valence-corrected chi connectivity index (χ3v) is 4.82. The summed E-state index contributed by atoms with van der Waals surface area (Å²) in [4.78, 5) is 14.6. The molecule has 2 aliphatic heterocycles. The van der Waals surface area contributed by atoms with Gasteiger partial charge in [0.05, 0.1) is 0 Å². The zero-order chi connectivity index (χ0) is 13.9. The average Bonchev–Trinajstić information content (AvgIpc) is 2.54. The molecule has 0 unspecified atom stereocenters. The zero-order valence-electron chi connectivity index (χ0n) is 12.3. The molecule has 108 valence electrons. The van der Waals surface area contributed by atoms with Crippen molar-refractivity contribution in [2.45, 2.75) is 39.2 Å². The SMILES string of the molecule is CCC1CCN(C(=O)c2ccc3c(c2)CNCC3)CC1. The van der Waals surface area contributed by atoms with Crippen LogP contribution in [-0.4, -0.2) is 30.4 Å². The topological polar surface area (TPSA) is 32.3 Å². The van der Waals surface area contributed by atoms with Gasteiger partial charge in [-0.3, -0.25) is 4.79 Å². The van der Waals surface area contributed by atoms with Crippen LogP contribution in [0.1, 0.15) is 47.7 Å². The lowest BCUT2D eigenvalue weighted by Gasteiger charge is -2.32. The van der Waals surface area contributed by atoms with Crippen LogP contribution in [0.3, 0.4) is 0 Å². The maximum Gasteiger partial charge on any atom is 0.253 e. The van der Waals surface area contributed by atoms with Crippen molar-refractivity contribution in [1.82, 2.24) is 10.2 Å². The molecular formula is C17H24N2O. The molecule has 0 bridgehead atoms. The van der Waals surface area contributed by atoms with Crippen LogP contribution in [0.15, 0.2) is 18.2 Å². The Morgan fingerprint density at radius 2 is 2.10 bits per heavy atom. The molecule has 1 aromatic carbocycles. The minimum absolute atomic E-state index is 0.216. The van der Waals surface area contributed by atoms with E-state index >= 15 is 0 Å². The van der Waals surface area contributed by atoms with Crippen molar-refractivity contribution in [2.24, 2.45) is 5.92 Å². The number of amides is 1. The van der Waals surface area contributed by atoms with E-state index in [1.54, 1.807) is 0 Å². The van der Waals surface area contributed by atoms with Crippen LogP contribution < -0.4 is 5.32 Å². The molecular weight excluding hydrogens is 248 g/mol. The van der Waals surface area contributed by atoms with Gasteiger partial charge < -0.3 is 10.2 Å². The van der Waals surface area contributed by atoms with E-state index in [-0.39, 0.29) is 5.91 Å². The summed E-state index contributed by atoms with van der Waals surface area (Å²) >= 11 is 0. The van der Waals surface area contributed by atoms with Gasteiger partial charge in [0.1, 0.15) is 0 Å². The number of fused-ring (bicyclic) bond motifs is 1. The minimum Gasteiger partial charge on any atom is -0.339 e. The lowest BCUT2D eigenvalue weighted by molar-refractivity contribution is 0.0688. The zero-order valence-corrected chi connectivity index (χ0v) is 12.3. The van der Waals surface area contributed by atoms with Gasteiger partial charge >= 0.3 is 0 Å². The van der Waals surface area contributed by atoms with Crippen molar-refractivity contribution in [3.8, 4) is 0 Å². The summed E-state index contributed by atoms with van der Waals surface area (Å²) in [5.74, 6) is 1.03. The second-order valence-electron chi connectivity index (χ2n) is 6.05.